The number of benzene rings is 1. The number of nitrogens with zero attached hydrogens (tertiary/aromatic N) is 1. The third-order valence-corrected chi connectivity index (χ3v) is 2.77. The predicted octanol–water partition coefficient (Wildman–Crippen LogP) is 3.70. The zero-order valence-electron chi connectivity index (χ0n) is 9.55. The highest BCUT2D eigenvalue weighted by Crippen LogP contribution is 2.25. The molecule has 0 saturated carbocycles. The zero-order chi connectivity index (χ0) is 12.4. The molecule has 5 heteroatoms. The summed E-state index contributed by atoms with van der Waals surface area (Å²) in [6.45, 7) is 4.00. The number of aryl methyl sites for hydroxylation is 2. The molecule has 1 aromatic carbocycles. The second-order valence-corrected chi connectivity index (χ2v) is 4.11. The number of oxazole rings is 1. The SMILES string of the molecule is Cc1nc(CNc2c(F)cccc2Cl)oc1C. The fraction of sp³-hybridized carbons (Fsp3) is 0.250. The highest BCUT2D eigenvalue weighted by molar-refractivity contribution is 6.33. The van der Waals surface area contributed by atoms with E-state index in [1.165, 1.54) is 6.07 Å². The molecule has 0 aliphatic carbocycles. The third kappa shape index (κ3) is 2.58. The van der Waals surface area contributed by atoms with Gasteiger partial charge in [-0.3, -0.25) is 0 Å². The first-order valence-electron chi connectivity index (χ1n) is 5.18. The van der Waals surface area contributed by atoms with Crippen LogP contribution < -0.4 is 5.32 Å². The van der Waals surface area contributed by atoms with Gasteiger partial charge in [0.05, 0.1) is 22.9 Å². The molecule has 0 bridgehead atoms. The lowest BCUT2D eigenvalue weighted by atomic mass is 10.3. The minimum Gasteiger partial charge on any atom is -0.444 e. The maximum absolute atomic E-state index is 13.4. The molecule has 2 aromatic rings. The van der Waals surface area contributed by atoms with Crippen LogP contribution in [-0.2, 0) is 6.54 Å². The smallest absolute Gasteiger partial charge is 0.213 e. The predicted molar refractivity (Wildman–Crippen MR) is 64.7 cm³/mol. The average molecular weight is 255 g/mol. The van der Waals surface area contributed by atoms with Gasteiger partial charge in [-0.25, -0.2) is 9.37 Å². The van der Waals surface area contributed by atoms with Crippen LogP contribution in [0.1, 0.15) is 17.3 Å². The number of anilines is 1. The minimum atomic E-state index is -0.391. The standard InChI is InChI=1S/C12H12ClFN2O/c1-7-8(2)17-11(16-7)6-15-12-9(13)4-3-5-10(12)14/h3-5,15H,6H2,1-2H3. The lowest BCUT2D eigenvalue weighted by Gasteiger charge is -2.06. The summed E-state index contributed by atoms with van der Waals surface area (Å²) >= 11 is 5.88. The number of hydrogen-bond donors (Lipinski definition) is 1. The summed E-state index contributed by atoms with van der Waals surface area (Å²) in [6, 6.07) is 4.53. The van der Waals surface area contributed by atoms with Crippen molar-refractivity contribution in [1.29, 1.82) is 0 Å². The fourth-order valence-electron chi connectivity index (χ4n) is 1.45. The van der Waals surface area contributed by atoms with Crippen LogP contribution in [0.25, 0.3) is 0 Å². The molecule has 1 aromatic heterocycles. The molecule has 3 nitrogen and oxygen atoms in total. The molecule has 1 heterocycles. The molecule has 17 heavy (non-hydrogen) atoms. The van der Waals surface area contributed by atoms with Crippen molar-refractivity contribution in [2.24, 2.45) is 0 Å². The number of hydrogen-bond acceptors (Lipinski definition) is 3. The van der Waals surface area contributed by atoms with E-state index >= 15 is 0 Å². The van der Waals surface area contributed by atoms with Gasteiger partial charge in [0.1, 0.15) is 11.6 Å². The monoisotopic (exact) mass is 254 g/mol. The van der Waals surface area contributed by atoms with E-state index in [9.17, 15) is 4.39 Å². The highest BCUT2D eigenvalue weighted by Gasteiger charge is 2.09. The zero-order valence-corrected chi connectivity index (χ0v) is 10.3. The molecule has 0 atom stereocenters. The van der Waals surface area contributed by atoms with Gasteiger partial charge >= 0.3 is 0 Å². The molecule has 0 aliphatic heterocycles. The molecule has 0 unspecified atom stereocenters. The Balaban J connectivity index is 2.12. The Morgan fingerprint density at radius 3 is 2.76 bits per heavy atom. The van der Waals surface area contributed by atoms with Gasteiger partial charge in [-0.2, -0.15) is 0 Å². The Morgan fingerprint density at radius 1 is 1.41 bits per heavy atom. The van der Waals surface area contributed by atoms with Crippen LogP contribution in [0.15, 0.2) is 22.6 Å². The first-order valence-corrected chi connectivity index (χ1v) is 5.56. The summed E-state index contributed by atoms with van der Waals surface area (Å²) < 4.78 is 18.8. The van der Waals surface area contributed by atoms with Crippen LogP contribution in [0.3, 0.4) is 0 Å². The summed E-state index contributed by atoms with van der Waals surface area (Å²) in [7, 11) is 0. The van der Waals surface area contributed by atoms with Crippen LogP contribution in [0.4, 0.5) is 10.1 Å². The van der Waals surface area contributed by atoms with Crippen LogP contribution in [0, 0.1) is 19.7 Å². The lowest BCUT2D eigenvalue weighted by molar-refractivity contribution is 0.478. The van der Waals surface area contributed by atoms with Crippen molar-refractivity contribution in [3.8, 4) is 0 Å². The number of rotatable bonds is 3. The van der Waals surface area contributed by atoms with E-state index in [0.717, 1.165) is 11.5 Å². The topological polar surface area (TPSA) is 38.1 Å². The Morgan fingerprint density at radius 2 is 2.18 bits per heavy atom. The van der Waals surface area contributed by atoms with Gasteiger partial charge in [0, 0.05) is 0 Å². The van der Waals surface area contributed by atoms with Gasteiger partial charge in [0.15, 0.2) is 0 Å². The largest absolute Gasteiger partial charge is 0.444 e. The first-order chi connectivity index (χ1) is 8.08. The Hall–Kier alpha value is -1.55. The molecule has 0 spiro atoms. The summed E-state index contributed by atoms with van der Waals surface area (Å²) in [6.07, 6.45) is 0. The molecule has 0 saturated heterocycles. The van der Waals surface area contributed by atoms with Crippen molar-refractivity contribution in [3.05, 3.63) is 46.4 Å². The molecule has 1 N–H and O–H groups in total. The van der Waals surface area contributed by atoms with Crippen molar-refractivity contribution in [2.45, 2.75) is 20.4 Å². The van der Waals surface area contributed by atoms with E-state index in [-0.39, 0.29) is 5.69 Å². The van der Waals surface area contributed by atoms with Crippen LogP contribution >= 0.6 is 11.6 Å². The Labute approximate surface area is 104 Å². The molecule has 2 rings (SSSR count). The van der Waals surface area contributed by atoms with Gasteiger partial charge in [0.25, 0.3) is 0 Å². The first kappa shape index (κ1) is 11.9. The van der Waals surface area contributed by atoms with Gasteiger partial charge in [0.2, 0.25) is 5.89 Å². The number of halogens is 2. The molecule has 0 radical (unpaired) electrons. The molecule has 0 fully saturated rings. The average Bonchev–Trinajstić information content (AvgIpc) is 2.58. The Kier molecular flexibility index (Phi) is 3.33. The van der Waals surface area contributed by atoms with Crippen LogP contribution in [0.2, 0.25) is 5.02 Å². The van der Waals surface area contributed by atoms with Crippen LogP contribution in [0.5, 0.6) is 0 Å². The van der Waals surface area contributed by atoms with E-state index < -0.39 is 5.82 Å². The molecular formula is C12H12ClFN2O. The normalized spacial score (nSPS) is 10.6. The minimum absolute atomic E-state index is 0.266. The van der Waals surface area contributed by atoms with Crippen molar-refractivity contribution >= 4 is 17.3 Å². The van der Waals surface area contributed by atoms with Gasteiger partial charge < -0.3 is 9.73 Å². The van der Waals surface area contributed by atoms with Crippen molar-refractivity contribution in [2.75, 3.05) is 5.32 Å². The number of nitrogens with one attached hydrogen (secondary N) is 1. The van der Waals surface area contributed by atoms with E-state index in [1.807, 2.05) is 13.8 Å². The van der Waals surface area contributed by atoms with E-state index in [2.05, 4.69) is 10.3 Å². The maximum atomic E-state index is 13.4. The highest BCUT2D eigenvalue weighted by atomic mass is 35.5. The molecular weight excluding hydrogens is 243 g/mol. The van der Waals surface area contributed by atoms with Gasteiger partial charge in [-0.05, 0) is 26.0 Å². The fourth-order valence-corrected chi connectivity index (χ4v) is 1.68. The van der Waals surface area contributed by atoms with E-state index in [0.29, 0.717) is 17.5 Å². The molecule has 90 valence electrons. The molecule has 0 aliphatic rings. The van der Waals surface area contributed by atoms with Gasteiger partial charge in [-0.1, -0.05) is 17.7 Å². The summed E-state index contributed by atoms with van der Waals surface area (Å²) in [5.41, 5.74) is 1.10. The van der Waals surface area contributed by atoms with Gasteiger partial charge in [-0.15, -0.1) is 0 Å². The maximum Gasteiger partial charge on any atom is 0.213 e. The van der Waals surface area contributed by atoms with Crippen LogP contribution in [-0.4, -0.2) is 4.98 Å². The van der Waals surface area contributed by atoms with Crippen molar-refractivity contribution in [3.63, 3.8) is 0 Å². The van der Waals surface area contributed by atoms with Crippen molar-refractivity contribution in [1.82, 2.24) is 4.98 Å². The Bertz CT molecular complexity index is 500. The summed E-state index contributed by atoms with van der Waals surface area (Å²) in [5, 5.41) is 3.21. The van der Waals surface area contributed by atoms with Crippen molar-refractivity contribution < 1.29 is 8.81 Å². The summed E-state index contributed by atoms with van der Waals surface area (Å²) in [5.74, 6) is 0.887. The summed E-state index contributed by atoms with van der Waals surface area (Å²) in [4.78, 5) is 4.19. The second kappa shape index (κ2) is 4.75. The number of para-hydroxylation sites is 1. The second-order valence-electron chi connectivity index (χ2n) is 3.70. The third-order valence-electron chi connectivity index (χ3n) is 2.45. The number of aromatic nitrogens is 1. The van der Waals surface area contributed by atoms with E-state index in [1.54, 1.807) is 12.1 Å². The lowest BCUT2D eigenvalue weighted by Crippen LogP contribution is -2.02. The quantitative estimate of drug-likeness (QED) is 0.908. The van der Waals surface area contributed by atoms with E-state index in [4.69, 9.17) is 16.0 Å². The molecule has 0 amide bonds.